The maximum Gasteiger partial charge on any atom is 0.336 e. The number of hydrogen-bond donors (Lipinski definition) is 2. The van der Waals surface area contributed by atoms with Crippen molar-refractivity contribution >= 4 is 23.5 Å². The minimum Gasteiger partial charge on any atom is -0.478 e. The number of nitrogens with zero attached hydrogens (tertiary/aromatic N) is 1. The minimum absolute atomic E-state index is 0.0332. The van der Waals surface area contributed by atoms with Crippen LogP contribution >= 0.6 is 11.6 Å². The van der Waals surface area contributed by atoms with E-state index in [1.54, 1.807) is 38.1 Å². The smallest absolute Gasteiger partial charge is 0.336 e. The summed E-state index contributed by atoms with van der Waals surface area (Å²) < 4.78 is 19.5. The molecule has 1 aromatic heterocycles. The number of rotatable bonds is 6. The maximum absolute atomic E-state index is 13.8. The highest BCUT2D eigenvalue weighted by molar-refractivity contribution is 6.30. The van der Waals surface area contributed by atoms with Gasteiger partial charge in [0.1, 0.15) is 17.1 Å². The van der Waals surface area contributed by atoms with Gasteiger partial charge in [0.25, 0.3) is 5.91 Å². The molecular formula is C22H18ClFN2O4. The zero-order valence-electron chi connectivity index (χ0n) is 16.1. The Kier molecular flexibility index (Phi) is 6.32. The van der Waals surface area contributed by atoms with Gasteiger partial charge in [0.05, 0.1) is 16.6 Å². The number of halogens is 2. The quantitative estimate of drug-likeness (QED) is 0.565. The third-order valence-electron chi connectivity index (χ3n) is 4.49. The molecule has 0 radical (unpaired) electrons. The van der Waals surface area contributed by atoms with E-state index in [0.29, 0.717) is 5.56 Å². The van der Waals surface area contributed by atoms with Gasteiger partial charge < -0.3 is 15.2 Å². The fourth-order valence-corrected chi connectivity index (χ4v) is 3.05. The van der Waals surface area contributed by atoms with Crippen molar-refractivity contribution in [3.63, 3.8) is 0 Å². The first-order valence-electron chi connectivity index (χ1n) is 8.99. The molecule has 0 unspecified atom stereocenters. The molecule has 0 bridgehead atoms. The molecule has 0 aliphatic heterocycles. The number of benzene rings is 2. The lowest BCUT2D eigenvalue weighted by molar-refractivity contribution is 0.0693. The SMILES string of the molecule is Cc1c(F)cccc1Oc1ncc(Cl)cc1C(=O)N[C@@H](C)c1ccccc1C(=O)O. The average Bonchev–Trinajstić information content (AvgIpc) is 2.72. The summed E-state index contributed by atoms with van der Waals surface area (Å²) in [7, 11) is 0. The number of carboxylic acid groups (broad SMARTS) is 1. The molecule has 6 nitrogen and oxygen atoms in total. The van der Waals surface area contributed by atoms with Gasteiger partial charge in [-0.2, -0.15) is 0 Å². The Morgan fingerprint density at radius 2 is 1.90 bits per heavy atom. The molecule has 2 N–H and O–H groups in total. The minimum atomic E-state index is -1.10. The summed E-state index contributed by atoms with van der Waals surface area (Å²) in [6.07, 6.45) is 1.31. The number of carboxylic acids is 1. The number of hydrogen-bond acceptors (Lipinski definition) is 4. The number of aromatic nitrogens is 1. The van der Waals surface area contributed by atoms with E-state index in [4.69, 9.17) is 16.3 Å². The largest absolute Gasteiger partial charge is 0.478 e. The highest BCUT2D eigenvalue weighted by atomic mass is 35.5. The summed E-state index contributed by atoms with van der Waals surface area (Å²) in [4.78, 5) is 28.4. The predicted molar refractivity (Wildman–Crippen MR) is 110 cm³/mol. The number of carbonyl (C=O) groups is 2. The second-order valence-electron chi connectivity index (χ2n) is 6.56. The molecule has 0 fully saturated rings. The zero-order chi connectivity index (χ0) is 21.8. The van der Waals surface area contributed by atoms with Gasteiger partial charge >= 0.3 is 5.97 Å². The van der Waals surface area contributed by atoms with Crippen LogP contribution in [0, 0.1) is 12.7 Å². The first-order chi connectivity index (χ1) is 14.3. The van der Waals surface area contributed by atoms with Crippen LogP contribution in [-0.4, -0.2) is 22.0 Å². The normalized spacial score (nSPS) is 11.6. The molecule has 2 aromatic carbocycles. The lowest BCUT2D eigenvalue weighted by Gasteiger charge is -2.18. The van der Waals surface area contributed by atoms with E-state index in [1.165, 1.54) is 30.5 Å². The van der Waals surface area contributed by atoms with Gasteiger partial charge in [-0.05, 0) is 43.7 Å². The Morgan fingerprint density at radius 1 is 1.17 bits per heavy atom. The summed E-state index contributed by atoms with van der Waals surface area (Å²) in [6.45, 7) is 3.21. The molecule has 1 heterocycles. The third kappa shape index (κ3) is 4.58. The van der Waals surface area contributed by atoms with Crippen LogP contribution in [0.15, 0.2) is 54.7 Å². The van der Waals surface area contributed by atoms with Gasteiger partial charge in [0, 0.05) is 11.8 Å². The zero-order valence-corrected chi connectivity index (χ0v) is 16.9. The van der Waals surface area contributed by atoms with Crippen molar-refractivity contribution in [1.29, 1.82) is 0 Å². The van der Waals surface area contributed by atoms with Crippen molar-refractivity contribution < 1.29 is 23.8 Å². The number of amides is 1. The standard InChI is InChI=1S/C22H18ClFN2O4/c1-12-18(24)8-5-9-19(12)30-21-17(10-14(23)11-25-21)20(27)26-13(2)15-6-3-4-7-16(15)22(28)29/h3-11,13H,1-2H3,(H,26,27)(H,28,29)/t13-/m0/s1. The van der Waals surface area contributed by atoms with Gasteiger partial charge in [0.15, 0.2) is 0 Å². The molecule has 8 heteroatoms. The fourth-order valence-electron chi connectivity index (χ4n) is 2.89. The van der Waals surface area contributed by atoms with Crippen molar-refractivity contribution in [2.24, 2.45) is 0 Å². The Labute approximate surface area is 177 Å². The van der Waals surface area contributed by atoms with E-state index in [9.17, 15) is 19.1 Å². The van der Waals surface area contributed by atoms with Gasteiger partial charge in [-0.1, -0.05) is 35.9 Å². The number of carbonyl (C=O) groups excluding carboxylic acids is 1. The number of nitrogens with one attached hydrogen (secondary N) is 1. The summed E-state index contributed by atoms with van der Waals surface area (Å²) in [6, 6.07) is 11.5. The van der Waals surface area contributed by atoms with E-state index in [2.05, 4.69) is 10.3 Å². The van der Waals surface area contributed by atoms with Crippen molar-refractivity contribution in [3.8, 4) is 11.6 Å². The topological polar surface area (TPSA) is 88.5 Å². The molecular weight excluding hydrogens is 411 g/mol. The molecule has 3 aromatic rings. The van der Waals surface area contributed by atoms with Crippen molar-refractivity contribution in [2.45, 2.75) is 19.9 Å². The molecule has 0 aliphatic carbocycles. The van der Waals surface area contributed by atoms with Crippen molar-refractivity contribution in [3.05, 3.63) is 87.8 Å². The molecule has 1 atom stereocenters. The predicted octanol–water partition coefficient (Wildman–Crippen LogP) is 5.16. The molecule has 0 aliphatic rings. The maximum atomic E-state index is 13.8. The van der Waals surface area contributed by atoms with Crippen LogP contribution in [0.3, 0.4) is 0 Å². The van der Waals surface area contributed by atoms with Gasteiger partial charge in [-0.3, -0.25) is 4.79 Å². The first-order valence-corrected chi connectivity index (χ1v) is 9.37. The summed E-state index contributed by atoms with van der Waals surface area (Å²) in [5, 5.41) is 12.3. The Morgan fingerprint density at radius 3 is 2.63 bits per heavy atom. The Balaban J connectivity index is 1.90. The highest BCUT2D eigenvalue weighted by Gasteiger charge is 2.21. The second-order valence-corrected chi connectivity index (χ2v) is 7.00. The first kappa shape index (κ1) is 21.3. The summed E-state index contributed by atoms with van der Waals surface area (Å²) in [5.74, 6) is -1.96. The van der Waals surface area contributed by atoms with E-state index in [-0.39, 0.29) is 33.3 Å². The van der Waals surface area contributed by atoms with Crippen LogP contribution in [0.2, 0.25) is 5.02 Å². The van der Waals surface area contributed by atoms with Crippen LogP contribution in [0.4, 0.5) is 4.39 Å². The molecule has 0 saturated carbocycles. The third-order valence-corrected chi connectivity index (χ3v) is 4.70. The molecule has 0 spiro atoms. The van der Waals surface area contributed by atoms with Crippen LogP contribution < -0.4 is 10.1 Å². The molecule has 1 amide bonds. The second kappa shape index (κ2) is 8.92. The summed E-state index contributed by atoms with van der Waals surface area (Å²) >= 11 is 6.00. The Bertz CT molecular complexity index is 1120. The van der Waals surface area contributed by atoms with Crippen molar-refractivity contribution in [2.75, 3.05) is 0 Å². The van der Waals surface area contributed by atoms with Gasteiger partial charge in [-0.25, -0.2) is 14.2 Å². The fraction of sp³-hybridized carbons (Fsp3) is 0.136. The number of pyridine rings is 1. The highest BCUT2D eigenvalue weighted by Crippen LogP contribution is 2.29. The number of aromatic carboxylic acids is 1. The van der Waals surface area contributed by atoms with Gasteiger partial charge in [-0.15, -0.1) is 0 Å². The monoisotopic (exact) mass is 428 g/mol. The molecule has 154 valence electrons. The van der Waals surface area contributed by atoms with E-state index in [1.807, 2.05) is 0 Å². The van der Waals surface area contributed by atoms with E-state index >= 15 is 0 Å². The Hall–Kier alpha value is -3.45. The average molecular weight is 429 g/mol. The van der Waals surface area contributed by atoms with Gasteiger partial charge in [0.2, 0.25) is 5.88 Å². The molecule has 3 rings (SSSR count). The van der Waals surface area contributed by atoms with Crippen LogP contribution in [0.25, 0.3) is 0 Å². The van der Waals surface area contributed by atoms with Crippen LogP contribution in [0.1, 0.15) is 44.8 Å². The van der Waals surface area contributed by atoms with E-state index < -0.39 is 23.7 Å². The molecule has 0 saturated heterocycles. The van der Waals surface area contributed by atoms with Crippen LogP contribution in [-0.2, 0) is 0 Å². The lowest BCUT2D eigenvalue weighted by Crippen LogP contribution is -2.28. The lowest BCUT2D eigenvalue weighted by atomic mass is 10.0. The summed E-state index contributed by atoms with van der Waals surface area (Å²) in [5.41, 5.74) is 0.827. The van der Waals surface area contributed by atoms with E-state index in [0.717, 1.165) is 0 Å². The molecule has 30 heavy (non-hydrogen) atoms. The van der Waals surface area contributed by atoms with Crippen LogP contribution in [0.5, 0.6) is 11.6 Å². The van der Waals surface area contributed by atoms with Crippen molar-refractivity contribution in [1.82, 2.24) is 10.3 Å². The number of ether oxygens (including phenoxy) is 1.